The predicted octanol–water partition coefficient (Wildman–Crippen LogP) is 3.24. The number of nitriles is 1. The number of nitrogens with zero attached hydrogens (tertiary/aromatic N) is 1. The minimum Gasteiger partial charge on any atom is -0.480 e. The van der Waals surface area contributed by atoms with Crippen LogP contribution < -0.4 is 10.5 Å². The summed E-state index contributed by atoms with van der Waals surface area (Å²) in [5.74, 6) is 1.45. The highest BCUT2D eigenvalue weighted by Gasteiger charge is 2.22. The lowest BCUT2D eigenvalue weighted by Gasteiger charge is -2.23. The third kappa shape index (κ3) is 2.84. The van der Waals surface area contributed by atoms with Crippen molar-refractivity contribution >= 4 is 0 Å². The van der Waals surface area contributed by atoms with E-state index in [-0.39, 0.29) is 12.1 Å². The maximum Gasteiger partial charge on any atom is 0.171 e. The van der Waals surface area contributed by atoms with Crippen LogP contribution in [-0.4, -0.2) is 6.04 Å². The lowest BCUT2D eigenvalue weighted by Crippen LogP contribution is -2.29. The monoisotopic (exact) mass is 270 g/mol. The molecule has 2 N–H and O–H groups in total. The van der Waals surface area contributed by atoms with E-state index in [1.54, 1.807) is 6.26 Å². The molecular formula is C16H18N2O2. The summed E-state index contributed by atoms with van der Waals surface area (Å²) < 4.78 is 11.4. The molecule has 1 aromatic carbocycles. The standard InChI is InChI=1S/C16H18N2O2/c1-10-7-13(9-17)8-11(2)15(10)20-16(12(3)18)14-5-4-6-19-14/h4-8,12,16H,18H2,1-3H3. The minimum absolute atomic E-state index is 0.212. The molecule has 1 aromatic heterocycles. The third-order valence-electron chi connectivity index (χ3n) is 3.14. The number of ether oxygens (including phenoxy) is 1. The van der Waals surface area contributed by atoms with E-state index in [0.29, 0.717) is 11.3 Å². The largest absolute Gasteiger partial charge is 0.480 e. The maximum absolute atomic E-state index is 8.97. The van der Waals surface area contributed by atoms with E-state index in [1.807, 2.05) is 45.0 Å². The van der Waals surface area contributed by atoms with E-state index in [1.165, 1.54) is 0 Å². The summed E-state index contributed by atoms with van der Waals surface area (Å²) >= 11 is 0. The molecule has 2 rings (SSSR count). The summed E-state index contributed by atoms with van der Waals surface area (Å²) in [4.78, 5) is 0. The van der Waals surface area contributed by atoms with Crippen LogP contribution >= 0.6 is 0 Å². The molecule has 1 heterocycles. The molecule has 0 aliphatic carbocycles. The van der Waals surface area contributed by atoms with Gasteiger partial charge in [0.1, 0.15) is 11.5 Å². The number of rotatable bonds is 4. The van der Waals surface area contributed by atoms with Crippen LogP contribution in [0, 0.1) is 25.2 Å². The number of hydrogen-bond donors (Lipinski definition) is 1. The highest BCUT2D eigenvalue weighted by molar-refractivity contribution is 5.47. The Labute approximate surface area is 118 Å². The normalized spacial score (nSPS) is 13.6. The fraction of sp³-hybridized carbons (Fsp3) is 0.312. The number of furan rings is 1. The van der Waals surface area contributed by atoms with Crippen LogP contribution in [0.3, 0.4) is 0 Å². The van der Waals surface area contributed by atoms with Gasteiger partial charge in [0.25, 0.3) is 0 Å². The van der Waals surface area contributed by atoms with Crippen LogP contribution in [0.25, 0.3) is 0 Å². The van der Waals surface area contributed by atoms with Gasteiger partial charge in [0, 0.05) is 6.04 Å². The van der Waals surface area contributed by atoms with Crippen molar-refractivity contribution in [3.63, 3.8) is 0 Å². The maximum atomic E-state index is 8.97. The number of benzene rings is 1. The molecule has 0 radical (unpaired) electrons. The smallest absolute Gasteiger partial charge is 0.171 e. The molecule has 0 spiro atoms. The molecule has 0 fully saturated rings. The van der Waals surface area contributed by atoms with Crippen molar-refractivity contribution in [3.05, 3.63) is 53.0 Å². The first-order valence-corrected chi connectivity index (χ1v) is 6.50. The molecule has 4 nitrogen and oxygen atoms in total. The van der Waals surface area contributed by atoms with Crippen molar-refractivity contribution in [1.82, 2.24) is 0 Å². The van der Waals surface area contributed by atoms with Gasteiger partial charge in [-0.25, -0.2) is 0 Å². The molecule has 0 saturated heterocycles. The SMILES string of the molecule is Cc1cc(C#N)cc(C)c1OC(c1ccco1)C(C)N. The second kappa shape index (κ2) is 5.81. The molecule has 0 saturated carbocycles. The quantitative estimate of drug-likeness (QED) is 0.925. The highest BCUT2D eigenvalue weighted by Crippen LogP contribution is 2.31. The lowest BCUT2D eigenvalue weighted by molar-refractivity contribution is 0.151. The van der Waals surface area contributed by atoms with Gasteiger partial charge in [0.15, 0.2) is 6.10 Å². The van der Waals surface area contributed by atoms with Gasteiger partial charge in [-0.15, -0.1) is 0 Å². The Morgan fingerprint density at radius 3 is 2.40 bits per heavy atom. The first-order chi connectivity index (χ1) is 9.52. The fourth-order valence-corrected chi connectivity index (χ4v) is 2.21. The van der Waals surface area contributed by atoms with Gasteiger partial charge in [-0.1, -0.05) is 0 Å². The van der Waals surface area contributed by atoms with Crippen LogP contribution in [0.15, 0.2) is 34.9 Å². The van der Waals surface area contributed by atoms with Gasteiger partial charge in [-0.2, -0.15) is 5.26 Å². The summed E-state index contributed by atoms with van der Waals surface area (Å²) in [6, 6.07) is 9.21. The zero-order chi connectivity index (χ0) is 14.7. The Bertz CT molecular complexity index is 601. The molecule has 0 aliphatic rings. The van der Waals surface area contributed by atoms with Crippen LogP contribution in [0.2, 0.25) is 0 Å². The summed E-state index contributed by atoms with van der Waals surface area (Å²) in [5.41, 5.74) is 8.45. The Kier molecular flexibility index (Phi) is 4.11. The van der Waals surface area contributed by atoms with Crippen molar-refractivity contribution in [2.24, 2.45) is 5.73 Å². The van der Waals surface area contributed by atoms with Gasteiger partial charge in [0.05, 0.1) is 17.9 Å². The van der Waals surface area contributed by atoms with E-state index in [9.17, 15) is 0 Å². The second-order valence-electron chi connectivity index (χ2n) is 4.96. The van der Waals surface area contributed by atoms with Gasteiger partial charge >= 0.3 is 0 Å². The van der Waals surface area contributed by atoms with E-state index < -0.39 is 0 Å². The van der Waals surface area contributed by atoms with Crippen LogP contribution in [-0.2, 0) is 0 Å². The van der Waals surface area contributed by atoms with Crippen molar-refractivity contribution < 1.29 is 9.15 Å². The van der Waals surface area contributed by atoms with Gasteiger partial charge in [-0.05, 0) is 56.2 Å². The van der Waals surface area contributed by atoms with E-state index in [0.717, 1.165) is 16.9 Å². The zero-order valence-corrected chi connectivity index (χ0v) is 11.9. The second-order valence-corrected chi connectivity index (χ2v) is 4.96. The average molecular weight is 270 g/mol. The summed E-state index contributed by atoms with van der Waals surface area (Å²) in [6.45, 7) is 5.72. The average Bonchev–Trinajstić information content (AvgIpc) is 2.90. The van der Waals surface area contributed by atoms with Crippen LogP contribution in [0.4, 0.5) is 0 Å². The van der Waals surface area contributed by atoms with Gasteiger partial charge < -0.3 is 14.9 Å². The molecule has 2 aromatic rings. The van der Waals surface area contributed by atoms with E-state index in [2.05, 4.69) is 6.07 Å². The fourth-order valence-electron chi connectivity index (χ4n) is 2.21. The summed E-state index contributed by atoms with van der Waals surface area (Å²) in [5, 5.41) is 8.97. The van der Waals surface area contributed by atoms with Gasteiger partial charge in [0.2, 0.25) is 0 Å². The number of aryl methyl sites for hydroxylation is 2. The highest BCUT2D eigenvalue weighted by atomic mass is 16.5. The number of hydrogen-bond acceptors (Lipinski definition) is 4. The van der Waals surface area contributed by atoms with Crippen molar-refractivity contribution in [2.45, 2.75) is 32.9 Å². The Morgan fingerprint density at radius 1 is 1.30 bits per heavy atom. The summed E-state index contributed by atoms with van der Waals surface area (Å²) in [7, 11) is 0. The van der Waals surface area contributed by atoms with Crippen LogP contribution in [0.5, 0.6) is 5.75 Å². The molecule has 104 valence electrons. The first kappa shape index (κ1) is 14.2. The molecule has 0 aliphatic heterocycles. The van der Waals surface area contributed by atoms with Crippen molar-refractivity contribution in [3.8, 4) is 11.8 Å². The number of nitrogens with two attached hydrogens (primary N) is 1. The van der Waals surface area contributed by atoms with Crippen molar-refractivity contribution in [2.75, 3.05) is 0 Å². The van der Waals surface area contributed by atoms with E-state index >= 15 is 0 Å². The molecular weight excluding hydrogens is 252 g/mol. The predicted molar refractivity (Wildman–Crippen MR) is 76.4 cm³/mol. The third-order valence-corrected chi connectivity index (χ3v) is 3.14. The van der Waals surface area contributed by atoms with E-state index in [4.69, 9.17) is 20.1 Å². The topological polar surface area (TPSA) is 72.2 Å². The Morgan fingerprint density at radius 2 is 1.95 bits per heavy atom. The molecule has 2 unspecified atom stereocenters. The Balaban J connectivity index is 2.35. The summed E-state index contributed by atoms with van der Waals surface area (Å²) in [6.07, 6.45) is 1.25. The molecule has 4 heteroatoms. The van der Waals surface area contributed by atoms with Crippen LogP contribution in [0.1, 0.15) is 35.5 Å². The molecule has 0 amide bonds. The van der Waals surface area contributed by atoms with Gasteiger partial charge in [-0.3, -0.25) is 0 Å². The Hall–Kier alpha value is -2.25. The lowest BCUT2D eigenvalue weighted by atomic mass is 10.1. The molecule has 2 atom stereocenters. The first-order valence-electron chi connectivity index (χ1n) is 6.50. The molecule has 20 heavy (non-hydrogen) atoms. The zero-order valence-electron chi connectivity index (χ0n) is 11.9. The minimum atomic E-state index is -0.352. The molecule has 0 bridgehead atoms. The van der Waals surface area contributed by atoms with Crippen molar-refractivity contribution in [1.29, 1.82) is 5.26 Å².